The van der Waals surface area contributed by atoms with Crippen LogP contribution >= 0.6 is 0 Å². The van der Waals surface area contributed by atoms with E-state index in [9.17, 15) is 23.2 Å². The van der Waals surface area contributed by atoms with E-state index in [1.54, 1.807) is 24.3 Å². The summed E-state index contributed by atoms with van der Waals surface area (Å²) in [5.74, 6) is -1.21. The summed E-state index contributed by atoms with van der Waals surface area (Å²) >= 11 is 0. The van der Waals surface area contributed by atoms with Crippen molar-refractivity contribution >= 4 is 28.8 Å². The predicted molar refractivity (Wildman–Crippen MR) is 108 cm³/mol. The Kier molecular flexibility index (Phi) is 5.61. The number of piperazine rings is 1. The number of aromatic nitrogens is 2. The molecule has 1 aliphatic heterocycles. The van der Waals surface area contributed by atoms with Crippen LogP contribution in [0.3, 0.4) is 0 Å². The zero-order chi connectivity index (χ0) is 22.0. The highest BCUT2D eigenvalue weighted by Crippen LogP contribution is 2.20. The SMILES string of the molecule is O=C1CN(C(=O)c2ccc(CNC(=O)c3ccc4nc(C(F)F)[nH]c4c3)cc2)CCN1. The number of aromatic amines is 1. The normalized spacial score (nSPS) is 14.0. The predicted octanol–water partition coefficient (Wildman–Crippen LogP) is 2.00. The van der Waals surface area contributed by atoms with Gasteiger partial charge in [0.1, 0.15) is 0 Å². The first-order valence-corrected chi connectivity index (χ1v) is 9.61. The Balaban J connectivity index is 1.37. The number of halogens is 2. The van der Waals surface area contributed by atoms with Gasteiger partial charge in [-0.15, -0.1) is 0 Å². The average molecular weight is 427 g/mol. The van der Waals surface area contributed by atoms with Gasteiger partial charge in [0.05, 0.1) is 17.6 Å². The third-order valence-electron chi connectivity index (χ3n) is 4.95. The minimum atomic E-state index is -2.72. The lowest BCUT2D eigenvalue weighted by Gasteiger charge is -2.26. The molecule has 0 atom stereocenters. The molecule has 160 valence electrons. The van der Waals surface area contributed by atoms with E-state index < -0.39 is 12.2 Å². The lowest BCUT2D eigenvalue weighted by Crippen LogP contribution is -2.49. The molecule has 0 bridgehead atoms. The maximum atomic E-state index is 12.8. The van der Waals surface area contributed by atoms with Crippen molar-refractivity contribution in [3.8, 4) is 0 Å². The third kappa shape index (κ3) is 4.52. The fraction of sp³-hybridized carbons (Fsp3) is 0.238. The molecule has 1 aliphatic rings. The van der Waals surface area contributed by atoms with Crippen LogP contribution in [0.25, 0.3) is 11.0 Å². The van der Waals surface area contributed by atoms with Crippen molar-refractivity contribution in [3.05, 3.63) is 65.0 Å². The summed E-state index contributed by atoms with van der Waals surface area (Å²) in [7, 11) is 0. The van der Waals surface area contributed by atoms with E-state index in [-0.39, 0.29) is 30.8 Å². The number of nitrogens with zero attached hydrogens (tertiary/aromatic N) is 2. The number of alkyl halides is 2. The van der Waals surface area contributed by atoms with Crippen LogP contribution in [0.4, 0.5) is 8.78 Å². The summed E-state index contributed by atoms with van der Waals surface area (Å²) < 4.78 is 25.5. The molecule has 3 amide bonds. The van der Waals surface area contributed by atoms with Crippen molar-refractivity contribution in [2.24, 2.45) is 0 Å². The summed E-state index contributed by atoms with van der Waals surface area (Å²) in [6.45, 7) is 1.16. The second-order valence-electron chi connectivity index (χ2n) is 7.11. The quantitative estimate of drug-likeness (QED) is 0.579. The molecule has 2 aromatic carbocycles. The van der Waals surface area contributed by atoms with Crippen molar-refractivity contribution in [1.82, 2.24) is 25.5 Å². The number of hydrogen-bond acceptors (Lipinski definition) is 4. The average Bonchev–Trinajstić information content (AvgIpc) is 3.21. The number of imidazole rings is 1. The molecule has 2 heterocycles. The monoisotopic (exact) mass is 427 g/mol. The Morgan fingerprint density at radius 1 is 1.13 bits per heavy atom. The zero-order valence-electron chi connectivity index (χ0n) is 16.3. The highest BCUT2D eigenvalue weighted by Gasteiger charge is 2.22. The number of fused-ring (bicyclic) bond motifs is 1. The van der Waals surface area contributed by atoms with Crippen molar-refractivity contribution in [1.29, 1.82) is 0 Å². The van der Waals surface area contributed by atoms with Gasteiger partial charge >= 0.3 is 0 Å². The molecule has 1 fully saturated rings. The Labute approximate surface area is 175 Å². The van der Waals surface area contributed by atoms with E-state index in [4.69, 9.17) is 0 Å². The van der Waals surface area contributed by atoms with Crippen LogP contribution in [0.15, 0.2) is 42.5 Å². The minimum absolute atomic E-state index is 0.0378. The van der Waals surface area contributed by atoms with Gasteiger partial charge < -0.3 is 20.5 Å². The summed E-state index contributed by atoms with van der Waals surface area (Å²) in [6, 6.07) is 11.3. The number of benzene rings is 2. The summed E-state index contributed by atoms with van der Waals surface area (Å²) in [6.07, 6.45) is -2.72. The first-order chi connectivity index (χ1) is 14.9. The topological polar surface area (TPSA) is 107 Å². The largest absolute Gasteiger partial charge is 0.353 e. The van der Waals surface area contributed by atoms with Crippen molar-refractivity contribution in [3.63, 3.8) is 0 Å². The number of hydrogen-bond donors (Lipinski definition) is 3. The van der Waals surface area contributed by atoms with E-state index in [2.05, 4.69) is 20.6 Å². The van der Waals surface area contributed by atoms with Crippen LogP contribution in [0.1, 0.15) is 38.5 Å². The summed E-state index contributed by atoms with van der Waals surface area (Å²) in [5.41, 5.74) is 2.27. The van der Waals surface area contributed by atoms with E-state index in [1.807, 2.05) is 0 Å². The Bertz CT molecular complexity index is 1140. The fourth-order valence-electron chi connectivity index (χ4n) is 3.32. The van der Waals surface area contributed by atoms with Gasteiger partial charge in [-0.2, -0.15) is 0 Å². The summed E-state index contributed by atoms with van der Waals surface area (Å²) in [5, 5.41) is 5.43. The first-order valence-electron chi connectivity index (χ1n) is 9.61. The lowest BCUT2D eigenvalue weighted by atomic mass is 10.1. The molecule has 0 radical (unpaired) electrons. The smallest absolute Gasteiger partial charge is 0.295 e. The van der Waals surface area contributed by atoms with Gasteiger partial charge in [0.25, 0.3) is 18.2 Å². The van der Waals surface area contributed by atoms with Crippen molar-refractivity contribution < 1.29 is 23.2 Å². The molecule has 1 aromatic heterocycles. The lowest BCUT2D eigenvalue weighted by molar-refractivity contribution is -0.123. The maximum Gasteiger partial charge on any atom is 0.295 e. The molecule has 3 aromatic rings. The van der Waals surface area contributed by atoms with Gasteiger partial charge in [0.15, 0.2) is 5.82 Å². The van der Waals surface area contributed by atoms with E-state index in [0.29, 0.717) is 35.2 Å². The van der Waals surface area contributed by atoms with Gasteiger partial charge in [-0.3, -0.25) is 14.4 Å². The van der Waals surface area contributed by atoms with Gasteiger partial charge in [-0.05, 0) is 35.9 Å². The summed E-state index contributed by atoms with van der Waals surface area (Å²) in [4.78, 5) is 44.1. The van der Waals surface area contributed by atoms with Crippen LogP contribution < -0.4 is 10.6 Å². The number of rotatable bonds is 5. The number of nitrogens with one attached hydrogen (secondary N) is 3. The first kappa shape index (κ1) is 20.5. The van der Waals surface area contributed by atoms with Crippen LogP contribution in [0.2, 0.25) is 0 Å². The third-order valence-corrected chi connectivity index (χ3v) is 4.95. The van der Waals surface area contributed by atoms with Crippen LogP contribution in [0.5, 0.6) is 0 Å². The standard InChI is InChI=1S/C21H19F2N5O3/c22-18(23)19-26-15-6-5-14(9-16(15)27-19)20(30)25-10-12-1-3-13(4-2-12)21(31)28-8-7-24-17(29)11-28/h1-6,9,18H,7-8,10-11H2,(H,24,29)(H,25,30)(H,26,27). The molecule has 3 N–H and O–H groups in total. The molecule has 4 rings (SSSR count). The highest BCUT2D eigenvalue weighted by atomic mass is 19.3. The maximum absolute atomic E-state index is 12.8. The number of amides is 3. The van der Waals surface area contributed by atoms with Gasteiger partial charge in [0.2, 0.25) is 5.91 Å². The Morgan fingerprint density at radius 3 is 2.58 bits per heavy atom. The molecule has 10 heteroatoms. The number of carbonyl (C=O) groups is 3. The fourth-order valence-corrected chi connectivity index (χ4v) is 3.32. The van der Waals surface area contributed by atoms with E-state index in [1.165, 1.54) is 23.1 Å². The van der Waals surface area contributed by atoms with Crippen LogP contribution in [0, 0.1) is 0 Å². The van der Waals surface area contributed by atoms with Crippen molar-refractivity contribution in [2.45, 2.75) is 13.0 Å². The van der Waals surface area contributed by atoms with E-state index >= 15 is 0 Å². The molecule has 0 spiro atoms. The highest BCUT2D eigenvalue weighted by molar-refractivity contribution is 5.98. The second kappa shape index (κ2) is 8.50. The molecular weight excluding hydrogens is 408 g/mol. The second-order valence-corrected chi connectivity index (χ2v) is 7.11. The molecule has 1 saturated heterocycles. The van der Waals surface area contributed by atoms with E-state index in [0.717, 1.165) is 5.56 Å². The number of carbonyl (C=O) groups excluding carboxylic acids is 3. The van der Waals surface area contributed by atoms with Gasteiger partial charge in [-0.1, -0.05) is 12.1 Å². The molecule has 0 aliphatic carbocycles. The molecular formula is C21H19F2N5O3. The number of H-pyrrole nitrogens is 1. The molecule has 0 saturated carbocycles. The van der Waals surface area contributed by atoms with Crippen LogP contribution in [-0.4, -0.2) is 52.2 Å². The zero-order valence-corrected chi connectivity index (χ0v) is 16.3. The molecule has 0 unspecified atom stereocenters. The molecule has 31 heavy (non-hydrogen) atoms. The molecule has 8 nitrogen and oxygen atoms in total. The minimum Gasteiger partial charge on any atom is -0.353 e. The Hall–Kier alpha value is -3.82. The van der Waals surface area contributed by atoms with Crippen molar-refractivity contribution in [2.75, 3.05) is 19.6 Å². The van der Waals surface area contributed by atoms with Crippen LogP contribution in [-0.2, 0) is 11.3 Å². The Morgan fingerprint density at radius 2 is 1.87 bits per heavy atom. The van der Waals surface area contributed by atoms with Gasteiger partial charge in [0, 0.05) is 30.8 Å². The van der Waals surface area contributed by atoms with Gasteiger partial charge in [-0.25, -0.2) is 13.8 Å².